The Balaban J connectivity index is 2.24. The second kappa shape index (κ2) is 7.47. The van der Waals surface area contributed by atoms with Crippen LogP contribution in [0.4, 0.5) is 0 Å². The van der Waals surface area contributed by atoms with E-state index < -0.39 is 0 Å². The van der Waals surface area contributed by atoms with E-state index in [4.69, 9.17) is 16.0 Å². The monoisotopic (exact) mass is 373 g/mol. The highest BCUT2D eigenvalue weighted by Gasteiger charge is 2.21. The Morgan fingerprint density at radius 1 is 1.43 bits per heavy atom. The molecule has 2 aromatic heterocycles. The van der Waals surface area contributed by atoms with Crippen LogP contribution in [0, 0.1) is 0 Å². The van der Waals surface area contributed by atoms with Crippen molar-refractivity contribution in [1.82, 2.24) is 15.1 Å². The van der Waals surface area contributed by atoms with Gasteiger partial charge in [-0.25, -0.2) is 0 Å². The Labute approximate surface area is 139 Å². The lowest BCUT2D eigenvalue weighted by Crippen LogP contribution is -2.24. The van der Waals surface area contributed by atoms with Crippen molar-refractivity contribution in [3.63, 3.8) is 0 Å². The van der Waals surface area contributed by atoms with E-state index in [2.05, 4.69) is 40.2 Å². The normalized spacial score (nSPS) is 12.8. The fourth-order valence-electron chi connectivity index (χ4n) is 2.34. The molecule has 1 atom stereocenters. The lowest BCUT2D eigenvalue weighted by Gasteiger charge is -2.16. The molecule has 0 aliphatic heterocycles. The first kappa shape index (κ1) is 16.6. The molecule has 0 aromatic carbocycles. The van der Waals surface area contributed by atoms with E-state index in [1.54, 1.807) is 0 Å². The highest BCUT2D eigenvalue weighted by atomic mass is 79.9. The fourth-order valence-corrected chi connectivity index (χ4v) is 3.03. The number of aromatic nitrogens is 2. The van der Waals surface area contributed by atoms with Crippen molar-refractivity contribution in [3.8, 4) is 0 Å². The molecule has 2 aromatic rings. The Bertz CT molecular complexity index is 594. The summed E-state index contributed by atoms with van der Waals surface area (Å²) < 4.78 is 8.33. The standard InChI is InChI=1S/C15H21BrClN3O/c1-4-8-18-11(13-6-7-14(16)21-13)9-12-15(17)10(5-2)19-20(12)3/h6-7,11,18H,4-5,8-9H2,1-3H3. The molecule has 2 rings (SSSR count). The number of hydrogen-bond donors (Lipinski definition) is 1. The van der Waals surface area contributed by atoms with E-state index in [0.717, 1.165) is 52.6 Å². The molecule has 0 spiro atoms. The minimum Gasteiger partial charge on any atom is -0.453 e. The molecule has 0 bridgehead atoms. The van der Waals surface area contributed by atoms with Crippen molar-refractivity contribution in [2.75, 3.05) is 6.54 Å². The van der Waals surface area contributed by atoms with E-state index in [0.29, 0.717) is 0 Å². The number of hydrogen-bond acceptors (Lipinski definition) is 3. The van der Waals surface area contributed by atoms with Crippen molar-refractivity contribution >= 4 is 27.5 Å². The third-order valence-electron chi connectivity index (χ3n) is 3.48. The summed E-state index contributed by atoms with van der Waals surface area (Å²) in [4.78, 5) is 0. The molecule has 116 valence electrons. The smallest absolute Gasteiger partial charge is 0.169 e. The van der Waals surface area contributed by atoms with Crippen molar-refractivity contribution in [3.05, 3.63) is 39.0 Å². The summed E-state index contributed by atoms with van der Waals surface area (Å²) in [6, 6.07) is 4.00. The van der Waals surface area contributed by atoms with Crippen molar-refractivity contribution in [1.29, 1.82) is 0 Å². The molecule has 21 heavy (non-hydrogen) atoms. The second-order valence-corrected chi connectivity index (χ2v) is 6.20. The lowest BCUT2D eigenvalue weighted by atomic mass is 10.1. The van der Waals surface area contributed by atoms with Gasteiger partial charge in [-0.05, 0) is 47.4 Å². The van der Waals surface area contributed by atoms with Gasteiger partial charge in [0.2, 0.25) is 0 Å². The maximum Gasteiger partial charge on any atom is 0.169 e. The number of nitrogens with one attached hydrogen (secondary N) is 1. The summed E-state index contributed by atoms with van der Waals surface area (Å²) in [6.07, 6.45) is 2.66. The molecule has 2 heterocycles. The molecule has 1 N–H and O–H groups in total. The van der Waals surface area contributed by atoms with Gasteiger partial charge in [0.1, 0.15) is 5.76 Å². The molecule has 0 aliphatic carbocycles. The maximum atomic E-state index is 6.45. The molecular formula is C15H21BrClN3O. The minimum atomic E-state index is 0.0915. The molecule has 0 aliphatic rings. The SMILES string of the molecule is CCCNC(Cc1c(Cl)c(CC)nn1C)c1ccc(Br)o1. The number of rotatable bonds is 7. The first-order valence-electron chi connectivity index (χ1n) is 7.25. The maximum absolute atomic E-state index is 6.45. The fraction of sp³-hybridized carbons (Fsp3) is 0.533. The molecule has 0 saturated carbocycles. The summed E-state index contributed by atoms with van der Waals surface area (Å²) in [5.74, 6) is 0.908. The van der Waals surface area contributed by atoms with Gasteiger partial charge in [-0.15, -0.1) is 0 Å². The quantitative estimate of drug-likeness (QED) is 0.787. The Morgan fingerprint density at radius 3 is 2.71 bits per heavy atom. The van der Waals surface area contributed by atoms with Crippen LogP contribution in [0.25, 0.3) is 0 Å². The lowest BCUT2D eigenvalue weighted by molar-refractivity contribution is 0.395. The van der Waals surface area contributed by atoms with Crippen LogP contribution in [0.5, 0.6) is 0 Å². The Morgan fingerprint density at radius 2 is 2.19 bits per heavy atom. The Hall–Kier alpha value is -0.780. The van der Waals surface area contributed by atoms with Gasteiger partial charge < -0.3 is 9.73 Å². The van der Waals surface area contributed by atoms with E-state index in [1.165, 1.54) is 0 Å². The minimum absolute atomic E-state index is 0.0915. The van der Waals surface area contributed by atoms with Crippen LogP contribution in [-0.2, 0) is 19.9 Å². The molecule has 4 nitrogen and oxygen atoms in total. The average Bonchev–Trinajstić information content (AvgIpc) is 3.00. The molecular weight excluding hydrogens is 354 g/mol. The first-order valence-corrected chi connectivity index (χ1v) is 8.42. The van der Waals surface area contributed by atoms with E-state index in [-0.39, 0.29) is 6.04 Å². The predicted octanol–water partition coefficient (Wildman–Crippen LogP) is 4.27. The topological polar surface area (TPSA) is 43.0 Å². The van der Waals surface area contributed by atoms with Crippen molar-refractivity contribution < 1.29 is 4.42 Å². The van der Waals surface area contributed by atoms with Crippen LogP contribution >= 0.6 is 27.5 Å². The third-order valence-corrected chi connectivity index (χ3v) is 4.34. The van der Waals surface area contributed by atoms with Crippen molar-refractivity contribution in [2.24, 2.45) is 7.05 Å². The van der Waals surface area contributed by atoms with Crippen LogP contribution in [0.15, 0.2) is 21.2 Å². The van der Waals surface area contributed by atoms with Gasteiger partial charge in [-0.1, -0.05) is 25.4 Å². The zero-order valence-corrected chi connectivity index (χ0v) is 15.0. The average molecular weight is 375 g/mol. The molecule has 0 saturated heterocycles. The number of halogens is 2. The second-order valence-electron chi connectivity index (χ2n) is 5.04. The first-order chi connectivity index (χ1) is 10.1. The van der Waals surface area contributed by atoms with Crippen molar-refractivity contribution in [2.45, 2.75) is 39.2 Å². The largest absolute Gasteiger partial charge is 0.453 e. The van der Waals surface area contributed by atoms with Gasteiger partial charge in [-0.3, -0.25) is 4.68 Å². The number of furan rings is 1. The molecule has 0 radical (unpaired) electrons. The predicted molar refractivity (Wildman–Crippen MR) is 88.7 cm³/mol. The number of aryl methyl sites for hydroxylation is 2. The third kappa shape index (κ3) is 3.90. The van der Waals surface area contributed by atoms with E-state index in [1.807, 2.05) is 23.9 Å². The summed E-state index contributed by atoms with van der Waals surface area (Å²) in [5, 5.41) is 8.77. The van der Waals surface area contributed by atoms with E-state index >= 15 is 0 Å². The Kier molecular flexibility index (Phi) is 5.90. The summed E-state index contributed by atoms with van der Waals surface area (Å²) in [7, 11) is 1.94. The summed E-state index contributed by atoms with van der Waals surface area (Å²) in [5.41, 5.74) is 1.98. The molecule has 0 fully saturated rings. The van der Waals surface area contributed by atoms with Crippen LogP contribution in [0.3, 0.4) is 0 Å². The van der Waals surface area contributed by atoms with Crippen LogP contribution < -0.4 is 5.32 Å². The number of nitrogens with zero attached hydrogens (tertiary/aromatic N) is 2. The van der Waals surface area contributed by atoms with Gasteiger partial charge in [0, 0.05) is 13.5 Å². The van der Waals surface area contributed by atoms with Gasteiger partial charge >= 0.3 is 0 Å². The van der Waals surface area contributed by atoms with Gasteiger partial charge in [0.15, 0.2) is 4.67 Å². The van der Waals surface area contributed by atoms with Gasteiger partial charge in [0.25, 0.3) is 0 Å². The van der Waals surface area contributed by atoms with E-state index in [9.17, 15) is 0 Å². The van der Waals surface area contributed by atoms with Crippen LogP contribution in [0.1, 0.15) is 43.5 Å². The van der Waals surface area contributed by atoms with Gasteiger partial charge in [-0.2, -0.15) is 5.10 Å². The van der Waals surface area contributed by atoms with Crippen LogP contribution in [-0.4, -0.2) is 16.3 Å². The molecule has 0 amide bonds. The summed E-state index contributed by atoms with van der Waals surface area (Å²) >= 11 is 9.81. The highest BCUT2D eigenvalue weighted by molar-refractivity contribution is 9.10. The summed E-state index contributed by atoms with van der Waals surface area (Å²) in [6.45, 7) is 5.14. The van der Waals surface area contributed by atoms with Crippen LogP contribution in [0.2, 0.25) is 5.02 Å². The zero-order valence-electron chi connectivity index (χ0n) is 12.6. The molecule has 1 unspecified atom stereocenters. The zero-order chi connectivity index (χ0) is 15.4. The van der Waals surface area contributed by atoms with Gasteiger partial charge in [0.05, 0.1) is 22.5 Å². The highest BCUT2D eigenvalue weighted by Crippen LogP contribution is 2.28. The molecule has 6 heteroatoms.